The van der Waals surface area contributed by atoms with Crippen molar-refractivity contribution in [2.75, 3.05) is 20.6 Å². The fourth-order valence-corrected chi connectivity index (χ4v) is 3.35. The molecule has 0 spiro atoms. The van der Waals surface area contributed by atoms with Crippen molar-refractivity contribution < 1.29 is 8.42 Å². The molecule has 0 saturated heterocycles. The van der Waals surface area contributed by atoms with E-state index in [2.05, 4.69) is 5.32 Å². The summed E-state index contributed by atoms with van der Waals surface area (Å²) in [5.74, 6) is 0. The summed E-state index contributed by atoms with van der Waals surface area (Å²) in [4.78, 5) is 0. The minimum Gasteiger partial charge on any atom is -0.318 e. The molecule has 0 rings (SSSR count). The average molecular weight is 236 g/mol. The molecule has 0 amide bonds. The quantitative estimate of drug-likeness (QED) is 0.718. The third-order valence-electron chi connectivity index (χ3n) is 2.86. The van der Waals surface area contributed by atoms with Gasteiger partial charge in [0.2, 0.25) is 10.0 Å². The van der Waals surface area contributed by atoms with E-state index in [0.29, 0.717) is 6.54 Å². The number of sulfonamides is 1. The van der Waals surface area contributed by atoms with Crippen LogP contribution in [0.2, 0.25) is 0 Å². The zero-order chi connectivity index (χ0) is 12.1. The van der Waals surface area contributed by atoms with Gasteiger partial charge in [0.25, 0.3) is 0 Å². The Balaban J connectivity index is 4.71. The molecule has 4 nitrogen and oxygen atoms in total. The monoisotopic (exact) mass is 236 g/mol. The summed E-state index contributed by atoms with van der Waals surface area (Å²) in [6.07, 6.45) is 1.72. The minimum atomic E-state index is -3.15. The Morgan fingerprint density at radius 3 is 2.07 bits per heavy atom. The number of hydrogen-bond acceptors (Lipinski definition) is 3. The van der Waals surface area contributed by atoms with Gasteiger partial charge in [0.15, 0.2) is 0 Å². The molecular weight excluding hydrogens is 212 g/mol. The summed E-state index contributed by atoms with van der Waals surface area (Å²) < 4.78 is 25.7. The molecule has 0 aromatic rings. The van der Waals surface area contributed by atoms with Crippen molar-refractivity contribution in [2.45, 2.75) is 44.9 Å². The van der Waals surface area contributed by atoms with Gasteiger partial charge in [0.1, 0.15) is 0 Å². The van der Waals surface area contributed by atoms with E-state index in [4.69, 9.17) is 0 Å². The van der Waals surface area contributed by atoms with E-state index in [0.717, 1.165) is 12.8 Å². The minimum absolute atomic E-state index is 0.120. The second kappa shape index (κ2) is 6.45. The van der Waals surface area contributed by atoms with Gasteiger partial charge in [-0.15, -0.1) is 0 Å². The van der Waals surface area contributed by atoms with Crippen LogP contribution in [0, 0.1) is 0 Å². The van der Waals surface area contributed by atoms with Crippen molar-refractivity contribution >= 4 is 10.0 Å². The molecule has 0 radical (unpaired) electrons. The number of hydrogen-bond donors (Lipinski definition) is 1. The topological polar surface area (TPSA) is 49.4 Å². The molecule has 5 heteroatoms. The lowest BCUT2D eigenvalue weighted by atomic mass is 10.2. The predicted octanol–water partition coefficient (Wildman–Crippen LogP) is 1.04. The van der Waals surface area contributed by atoms with Crippen LogP contribution in [0.4, 0.5) is 0 Å². The highest BCUT2D eigenvalue weighted by molar-refractivity contribution is 7.89. The zero-order valence-electron chi connectivity index (χ0n) is 10.4. The van der Waals surface area contributed by atoms with Gasteiger partial charge in [-0.1, -0.05) is 13.8 Å². The summed E-state index contributed by atoms with van der Waals surface area (Å²) in [6.45, 7) is 6.27. The van der Waals surface area contributed by atoms with Gasteiger partial charge < -0.3 is 5.32 Å². The Kier molecular flexibility index (Phi) is 6.40. The van der Waals surface area contributed by atoms with Crippen LogP contribution in [0.3, 0.4) is 0 Å². The van der Waals surface area contributed by atoms with Crippen molar-refractivity contribution in [3.8, 4) is 0 Å². The molecule has 0 fully saturated rings. The maximum atomic E-state index is 12.1. The van der Waals surface area contributed by atoms with E-state index in [1.807, 2.05) is 13.8 Å². The second-order valence-corrected chi connectivity index (χ2v) is 6.31. The maximum absolute atomic E-state index is 12.1. The van der Waals surface area contributed by atoms with Crippen LogP contribution in [-0.4, -0.2) is 44.7 Å². The molecular formula is C10H24N2O2S. The third-order valence-corrected chi connectivity index (χ3v) is 5.14. The van der Waals surface area contributed by atoms with Crippen LogP contribution in [0.5, 0.6) is 0 Å². The smallest absolute Gasteiger partial charge is 0.217 e. The first kappa shape index (κ1) is 14.9. The van der Waals surface area contributed by atoms with Crippen LogP contribution < -0.4 is 5.32 Å². The van der Waals surface area contributed by atoms with Crippen LogP contribution in [0.25, 0.3) is 0 Å². The molecule has 0 bridgehead atoms. The number of nitrogens with zero attached hydrogens (tertiary/aromatic N) is 1. The van der Waals surface area contributed by atoms with E-state index in [1.165, 1.54) is 4.31 Å². The lowest BCUT2D eigenvalue weighted by Gasteiger charge is -2.28. The molecule has 0 saturated carbocycles. The van der Waals surface area contributed by atoms with Crippen molar-refractivity contribution in [2.24, 2.45) is 0 Å². The Morgan fingerprint density at radius 1 is 1.27 bits per heavy atom. The van der Waals surface area contributed by atoms with E-state index in [-0.39, 0.29) is 11.3 Å². The Hall–Kier alpha value is -0.130. The highest BCUT2D eigenvalue weighted by Crippen LogP contribution is 2.14. The molecule has 0 aliphatic carbocycles. The Morgan fingerprint density at radius 2 is 1.73 bits per heavy atom. The fourth-order valence-electron chi connectivity index (χ4n) is 1.69. The van der Waals surface area contributed by atoms with Gasteiger partial charge in [-0.25, -0.2) is 12.7 Å². The standard InChI is InChI=1S/C10H24N2O2S/c1-6-10(7-2)12(5)15(13,14)9(3)8-11-4/h9-11H,6-8H2,1-5H3. The third kappa shape index (κ3) is 3.74. The highest BCUT2D eigenvalue weighted by Gasteiger charge is 2.29. The zero-order valence-corrected chi connectivity index (χ0v) is 11.3. The summed E-state index contributed by atoms with van der Waals surface area (Å²) in [6, 6.07) is 0.120. The lowest BCUT2D eigenvalue weighted by Crippen LogP contribution is -2.44. The molecule has 1 unspecified atom stereocenters. The molecule has 15 heavy (non-hydrogen) atoms. The summed E-state index contributed by atoms with van der Waals surface area (Å²) in [5, 5.41) is 2.53. The largest absolute Gasteiger partial charge is 0.318 e. The first-order valence-corrected chi connectivity index (χ1v) is 7.03. The van der Waals surface area contributed by atoms with Crippen LogP contribution >= 0.6 is 0 Å². The van der Waals surface area contributed by atoms with E-state index < -0.39 is 10.0 Å². The number of rotatable bonds is 7. The van der Waals surface area contributed by atoms with Crippen molar-refractivity contribution in [3.05, 3.63) is 0 Å². The molecule has 0 aromatic heterocycles. The second-order valence-electron chi connectivity index (χ2n) is 3.90. The highest BCUT2D eigenvalue weighted by atomic mass is 32.2. The summed E-state index contributed by atoms with van der Waals surface area (Å²) >= 11 is 0. The van der Waals surface area contributed by atoms with Gasteiger partial charge in [-0.05, 0) is 26.8 Å². The van der Waals surface area contributed by atoms with Crippen molar-refractivity contribution in [3.63, 3.8) is 0 Å². The van der Waals surface area contributed by atoms with Gasteiger partial charge in [0, 0.05) is 19.6 Å². The molecule has 0 heterocycles. The van der Waals surface area contributed by atoms with Crippen molar-refractivity contribution in [1.82, 2.24) is 9.62 Å². The first-order valence-electron chi connectivity index (χ1n) is 5.53. The Bertz CT molecular complexity index is 261. The molecule has 0 aliphatic heterocycles. The maximum Gasteiger partial charge on any atom is 0.217 e. The summed E-state index contributed by atoms with van der Waals surface area (Å²) in [5.41, 5.74) is 0. The lowest BCUT2D eigenvalue weighted by molar-refractivity contribution is 0.345. The van der Waals surface area contributed by atoms with E-state index in [1.54, 1.807) is 21.0 Å². The molecule has 0 aromatic carbocycles. The van der Waals surface area contributed by atoms with Crippen molar-refractivity contribution in [1.29, 1.82) is 0 Å². The van der Waals surface area contributed by atoms with Gasteiger partial charge in [0.05, 0.1) is 5.25 Å². The van der Waals surface area contributed by atoms with Crippen LogP contribution in [-0.2, 0) is 10.0 Å². The normalized spacial score (nSPS) is 14.9. The van der Waals surface area contributed by atoms with Gasteiger partial charge >= 0.3 is 0 Å². The Labute approximate surface area is 94.1 Å². The molecule has 92 valence electrons. The SMILES string of the molecule is CCC(CC)N(C)S(=O)(=O)C(C)CNC. The molecule has 1 atom stereocenters. The molecule has 0 aliphatic rings. The van der Waals surface area contributed by atoms with Crippen LogP contribution in [0.15, 0.2) is 0 Å². The fraction of sp³-hybridized carbons (Fsp3) is 1.00. The van der Waals surface area contributed by atoms with Crippen LogP contribution in [0.1, 0.15) is 33.6 Å². The van der Waals surface area contributed by atoms with Gasteiger partial charge in [-0.3, -0.25) is 0 Å². The first-order chi connectivity index (χ1) is 6.91. The van der Waals surface area contributed by atoms with E-state index >= 15 is 0 Å². The van der Waals surface area contributed by atoms with E-state index in [9.17, 15) is 8.42 Å². The average Bonchev–Trinajstić information content (AvgIpc) is 2.19. The van der Waals surface area contributed by atoms with Gasteiger partial charge in [-0.2, -0.15) is 0 Å². The molecule has 1 N–H and O–H groups in total. The number of nitrogens with one attached hydrogen (secondary N) is 1. The predicted molar refractivity (Wildman–Crippen MR) is 64.4 cm³/mol. The summed E-state index contributed by atoms with van der Waals surface area (Å²) in [7, 11) is 0.293.